The van der Waals surface area contributed by atoms with Crippen molar-refractivity contribution in [1.29, 1.82) is 0 Å². The van der Waals surface area contributed by atoms with Crippen LogP contribution in [0.4, 0.5) is 11.4 Å². The predicted molar refractivity (Wildman–Crippen MR) is 96.8 cm³/mol. The number of carbonyl (C=O) groups is 1. The van der Waals surface area contributed by atoms with Crippen LogP contribution in [0.5, 0.6) is 0 Å². The summed E-state index contributed by atoms with van der Waals surface area (Å²) >= 11 is 8.38. The summed E-state index contributed by atoms with van der Waals surface area (Å²) in [5.41, 5.74) is 8.28. The maximum absolute atomic E-state index is 12.1. The van der Waals surface area contributed by atoms with Crippen LogP contribution in [0.2, 0.25) is 0 Å². The van der Waals surface area contributed by atoms with Crippen LogP contribution < -0.4 is 11.1 Å². The zero-order valence-corrected chi connectivity index (χ0v) is 15.3. The molecule has 2 aromatic rings. The first-order valence-electron chi connectivity index (χ1n) is 6.19. The third kappa shape index (κ3) is 4.76. The Morgan fingerprint density at radius 1 is 1.24 bits per heavy atom. The average Bonchev–Trinajstić information content (AvgIpc) is 2.40. The number of nitrogen functional groups attached to an aromatic ring is 1. The molecule has 0 heterocycles. The van der Waals surface area contributed by atoms with E-state index in [0.29, 0.717) is 11.4 Å². The quantitative estimate of drug-likeness (QED) is 0.540. The molecule has 2 rings (SSSR count). The van der Waals surface area contributed by atoms with Crippen molar-refractivity contribution in [2.45, 2.75) is 11.8 Å². The van der Waals surface area contributed by atoms with E-state index in [1.54, 1.807) is 0 Å². The number of rotatable bonds is 4. The van der Waals surface area contributed by atoms with Gasteiger partial charge in [-0.15, -0.1) is 11.8 Å². The van der Waals surface area contributed by atoms with Gasteiger partial charge in [-0.05, 0) is 74.7 Å². The number of halogens is 2. The van der Waals surface area contributed by atoms with Crippen LogP contribution in [0.15, 0.2) is 50.2 Å². The highest BCUT2D eigenvalue weighted by Gasteiger charge is 2.10. The number of hydrogen-bond acceptors (Lipinski definition) is 3. The third-order valence-electron chi connectivity index (χ3n) is 2.68. The van der Waals surface area contributed by atoms with Gasteiger partial charge in [-0.25, -0.2) is 0 Å². The standard InChI is InChI=1S/C15H14Br2N2OS/c1-9-5-12(16)15(13(17)6-9)19-14(20)8-21-11-4-2-3-10(18)7-11/h2-7H,8,18H2,1H3,(H,19,20). The molecule has 3 nitrogen and oxygen atoms in total. The molecule has 0 atom stereocenters. The van der Waals surface area contributed by atoms with Crippen LogP contribution in [-0.4, -0.2) is 11.7 Å². The maximum atomic E-state index is 12.1. The van der Waals surface area contributed by atoms with E-state index >= 15 is 0 Å². The fourth-order valence-electron chi connectivity index (χ4n) is 1.75. The second-order valence-corrected chi connectivity index (χ2v) is 7.27. The Hall–Kier alpha value is -0.980. The molecule has 0 spiro atoms. The Bertz CT molecular complexity index is 653. The second kappa shape index (κ2) is 7.33. The molecule has 0 unspecified atom stereocenters. The zero-order valence-electron chi connectivity index (χ0n) is 11.3. The van der Waals surface area contributed by atoms with Gasteiger partial charge in [0.1, 0.15) is 0 Å². The summed E-state index contributed by atoms with van der Waals surface area (Å²) in [6.45, 7) is 2.00. The first-order chi connectivity index (χ1) is 9.95. The smallest absolute Gasteiger partial charge is 0.234 e. The van der Waals surface area contributed by atoms with Crippen molar-refractivity contribution in [3.63, 3.8) is 0 Å². The molecule has 0 aromatic heterocycles. The van der Waals surface area contributed by atoms with Gasteiger partial charge in [-0.2, -0.15) is 0 Å². The van der Waals surface area contributed by atoms with Gasteiger partial charge in [-0.3, -0.25) is 4.79 Å². The minimum atomic E-state index is -0.0623. The molecule has 1 amide bonds. The van der Waals surface area contributed by atoms with E-state index in [4.69, 9.17) is 5.73 Å². The number of anilines is 2. The molecule has 0 fully saturated rings. The summed E-state index contributed by atoms with van der Waals surface area (Å²) in [5, 5.41) is 2.91. The molecule has 0 saturated heterocycles. The summed E-state index contributed by atoms with van der Waals surface area (Å²) in [5.74, 6) is 0.267. The van der Waals surface area contributed by atoms with E-state index in [0.717, 1.165) is 25.1 Å². The van der Waals surface area contributed by atoms with Crippen molar-refractivity contribution in [2.75, 3.05) is 16.8 Å². The van der Waals surface area contributed by atoms with Crippen molar-refractivity contribution >= 4 is 60.9 Å². The minimum absolute atomic E-state index is 0.0623. The lowest BCUT2D eigenvalue weighted by Crippen LogP contribution is -2.14. The highest BCUT2D eigenvalue weighted by atomic mass is 79.9. The highest BCUT2D eigenvalue weighted by Crippen LogP contribution is 2.32. The molecule has 2 aromatic carbocycles. The maximum Gasteiger partial charge on any atom is 0.234 e. The Balaban J connectivity index is 1.99. The van der Waals surface area contributed by atoms with Crippen LogP contribution in [0, 0.1) is 6.92 Å². The van der Waals surface area contributed by atoms with Crippen LogP contribution in [0.3, 0.4) is 0 Å². The number of thioether (sulfide) groups is 1. The lowest BCUT2D eigenvalue weighted by molar-refractivity contribution is -0.113. The number of hydrogen-bond donors (Lipinski definition) is 2. The molecule has 0 aliphatic heterocycles. The minimum Gasteiger partial charge on any atom is -0.399 e. The van der Waals surface area contributed by atoms with Crippen LogP contribution in [0.25, 0.3) is 0 Å². The fraction of sp³-hybridized carbons (Fsp3) is 0.133. The number of amides is 1. The van der Waals surface area contributed by atoms with Gasteiger partial charge >= 0.3 is 0 Å². The Labute approximate surface area is 144 Å². The molecule has 0 saturated carbocycles. The first kappa shape index (κ1) is 16.4. The van der Waals surface area contributed by atoms with Crippen LogP contribution in [0.1, 0.15) is 5.56 Å². The first-order valence-corrected chi connectivity index (χ1v) is 8.76. The van der Waals surface area contributed by atoms with Crippen molar-refractivity contribution in [2.24, 2.45) is 0 Å². The summed E-state index contributed by atoms with van der Waals surface area (Å²) in [7, 11) is 0. The molecule has 0 aliphatic carbocycles. The van der Waals surface area contributed by atoms with Gasteiger partial charge in [0.15, 0.2) is 0 Å². The third-order valence-corrected chi connectivity index (χ3v) is 4.92. The van der Waals surface area contributed by atoms with E-state index < -0.39 is 0 Å². The molecule has 0 aliphatic rings. The molecule has 110 valence electrons. The lowest BCUT2D eigenvalue weighted by Gasteiger charge is -2.10. The number of aryl methyl sites for hydroxylation is 1. The molecule has 3 N–H and O–H groups in total. The number of carbonyl (C=O) groups excluding carboxylic acids is 1. The van der Waals surface area contributed by atoms with E-state index in [9.17, 15) is 4.79 Å². The summed E-state index contributed by atoms with van der Waals surface area (Å²) in [4.78, 5) is 13.0. The topological polar surface area (TPSA) is 55.1 Å². The van der Waals surface area contributed by atoms with Gasteiger partial charge in [0.05, 0.1) is 11.4 Å². The van der Waals surface area contributed by atoms with Gasteiger partial charge in [0.25, 0.3) is 0 Å². The number of nitrogens with two attached hydrogens (primary N) is 1. The molecule has 6 heteroatoms. The second-order valence-electron chi connectivity index (χ2n) is 4.51. The van der Waals surface area contributed by atoms with Crippen LogP contribution >= 0.6 is 43.6 Å². The molecule has 21 heavy (non-hydrogen) atoms. The highest BCUT2D eigenvalue weighted by molar-refractivity contribution is 9.11. The molecule has 0 radical (unpaired) electrons. The Morgan fingerprint density at radius 3 is 2.52 bits per heavy atom. The summed E-state index contributed by atoms with van der Waals surface area (Å²) in [6, 6.07) is 11.4. The van der Waals surface area contributed by atoms with E-state index in [2.05, 4.69) is 37.2 Å². The predicted octanol–water partition coefficient (Wildman–Crippen LogP) is 4.83. The molecular weight excluding hydrogens is 416 g/mol. The van der Waals surface area contributed by atoms with Gasteiger partial charge < -0.3 is 11.1 Å². The van der Waals surface area contributed by atoms with Crippen LogP contribution in [-0.2, 0) is 4.79 Å². The number of benzene rings is 2. The van der Waals surface area contributed by atoms with Crippen molar-refractivity contribution < 1.29 is 4.79 Å². The summed E-state index contributed by atoms with van der Waals surface area (Å²) in [6.07, 6.45) is 0. The SMILES string of the molecule is Cc1cc(Br)c(NC(=O)CSc2cccc(N)c2)c(Br)c1. The van der Waals surface area contributed by atoms with Crippen molar-refractivity contribution in [3.05, 3.63) is 50.9 Å². The Morgan fingerprint density at radius 2 is 1.90 bits per heavy atom. The van der Waals surface area contributed by atoms with Crippen molar-refractivity contribution in [3.8, 4) is 0 Å². The Kier molecular flexibility index (Phi) is 5.72. The zero-order chi connectivity index (χ0) is 15.4. The monoisotopic (exact) mass is 428 g/mol. The lowest BCUT2D eigenvalue weighted by atomic mass is 10.2. The van der Waals surface area contributed by atoms with E-state index in [1.807, 2.05) is 43.3 Å². The van der Waals surface area contributed by atoms with Crippen molar-refractivity contribution in [1.82, 2.24) is 0 Å². The largest absolute Gasteiger partial charge is 0.399 e. The molecular formula is C15H14Br2N2OS. The van der Waals surface area contributed by atoms with E-state index in [-0.39, 0.29) is 5.91 Å². The molecule has 0 bridgehead atoms. The average molecular weight is 430 g/mol. The summed E-state index contributed by atoms with van der Waals surface area (Å²) < 4.78 is 1.72. The number of nitrogens with one attached hydrogen (secondary N) is 1. The normalized spacial score (nSPS) is 10.4. The van der Waals surface area contributed by atoms with Gasteiger partial charge in [0.2, 0.25) is 5.91 Å². The van der Waals surface area contributed by atoms with E-state index in [1.165, 1.54) is 11.8 Å². The van der Waals surface area contributed by atoms with Gasteiger partial charge in [-0.1, -0.05) is 6.07 Å². The fourth-order valence-corrected chi connectivity index (χ4v) is 4.13. The van der Waals surface area contributed by atoms with Gasteiger partial charge in [0, 0.05) is 19.5 Å².